The average Bonchev–Trinajstić information content (AvgIpc) is 2.98. The number of nitrogens with one attached hydrogen (secondary N) is 1. The Balaban J connectivity index is 1.55. The highest BCUT2D eigenvalue weighted by molar-refractivity contribution is 6.31. The molecule has 0 saturated heterocycles. The van der Waals surface area contributed by atoms with E-state index in [9.17, 15) is 9.59 Å². The normalized spacial score (nSPS) is 20.8. The molecule has 1 aliphatic rings. The van der Waals surface area contributed by atoms with Gasteiger partial charge in [-0.2, -0.15) is 0 Å². The second-order valence-electron chi connectivity index (χ2n) is 6.30. The summed E-state index contributed by atoms with van der Waals surface area (Å²) in [5, 5.41) is 4.22. The van der Waals surface area contributed by atoms with E-state index in [0.717, 1.165) is 24.6 Å². The van der Waals surface area contributed by atoms with Crippen molar-refractivity contribution in [1.29, 1.82) is 0 Å². The van der Waals surface area contributed by atoms with E-state index in [0.29, 0.717) is 16.5 Å². The van der Waals surface area contributed by atoms with E-state index in [1.807, 2.05) is 0 Å². The summed E-state index contributed by atoms with van der Waals surface area (Å²) in [6.07, 6.45) is 4.42. The third kappa shape index (κ3) is 3.90. The molecule has 0 spiro atoms. The molecule has 128 valence electrons. The van der Waals surface area contributed by atoms with Crippen LogP contribution in [-0.2, 0) is 9.53 Å². The zero-order valence-electron chi connectivity index (χ0n) is 13.5. The van der Waals surface area contributed by atoms with Crippen molar-refractivity contribution >= 4 is 34.4 Å². The fourth-order valence-corrected chi connectivity index (χ4v) is 3.28. The van der Waals surface area contributed by atoms with E-state index in [-0.39, 0.29) is 24.3 Å². The van der Waals surface area contributed by atoms with Crippen molar-refractivity contribution in [1.82, 2.24) is 5.32 Å². The van der Waals surface area contributed by atoms with Gasteiger partial charge in [0.15, 0.2) is 6.61 Å². The number of furan rings is 1. The molecule has 2 atom stereocenters. The number of amides is 1. The fraction of sp³-hybridized carbons (Fsp3) is 0.444. The quantitative estimate of drug-likeness (QED) is 0.849. The Hall–Kier alpha value is -2.01. The van der Waals surface area contributed by atoms with Crippen LogP contribution >= 0.6 is 11.6 Å². The minimum atomic E-state index is -0.658. The van der Waals surface area contributed by atoms with Crippen molar-refractivity contribution in [2.45, 2.75) is 38.6 Å². The molecule has 6 heteroatoms. The van der Waals surface area contributed by atoms with Crippen LogP contribution in [0, 0.1) is 5.92 Å². The first-order chi connectivity index (χ1) is 11.5. The summed E-state index contributed by atoms with van der Waals surface area (Å²) in [5.41, 5.74) is 0.548. The third-order valence-electron chi connectivity index (χ3n) is 4.47. The zero-order chi connectivity index (χ0) is 17.1. The van der Waals surface area contributed by atoms with Crippen molar-refractivity contribution in [2.24, 2.45) is 5.92 Å². The Morgan fingerprint density at radius 1 is 1.29 bits per heavy atom. The largest absolute Gasteiger partial charge is 0.450 e. The highest BCUT2D eigenvalue weighted by Gasteiger charge is 2.23. The van der Waals surface area contributed by atoms with Gasteiger partial charge in [0.05, 0.1) is 0 Å². The second-order valence-corrected chi connectivity index (χ2v) is 6.74. The lowest BCUT2D eigenvalue weighted by atomic mass is 9.86. The average molecular weight is 350 g/mol. The lowest BCUT2D eigenvalue weighted by Gasteiger charge is -2.29. The van der Waals surface area contributed by atoms with Gasteiger partial charge in [0.25, 0.3) is 5.91 Å². The van der Waals surface area contributed by atoms with Crippen molar-refractivity contribution in [3.63, 3.8) is 0 Å². The van der Waals surface area contributed by atoms with Gasteiger partial charge in [-0.05, 0) is 43.0 Å². The Bertz CT molecular complexity index is 755. The molecule has 0 bridgehead atoms. The van der Waals surface area contributed by atoms with Crippen LogP contribution in [0.2, 0.25) is 5.02 Å². The Labute approximate surface area is 145 Å². The predicted octanol–water partition coefficient (Wildman–Crippen LogP) is 3.94. The highest BCUT2D eigenvalue weighted by atomic mass is 35.5. The first-order valence-corrected chi connectivity index (χ1v) is 8.56. The molecular weight excluding hydrogens is 330 g/mol. The van der Waals surface area contributed by atoms with Crippen molar-refractivity contribution in [3.8, 4) is 0 Å². The molecule has 24 heavy (non-hydrogen) atoms. The van der Waals surface area contributed by atoms with Crippen LogP contribution in [0.3, 0.4) is 0 Å². The summed E-state index contributed by atoms with van der Waals surface area (Å²) in [7, 11) is 0. The zero-order valence-corrected chi connectivity index (χ0v) is 14.3. The van der Waals surface area contributed by atoms with Crippen LogP contribution in [0.15, 0.2) is 28.7 Å². The van der Waals surface area contributed by atoms with Crippen molar-refractivity contribution in [2.75, 3.05) is 6.61 Å². The summed E-state index contributed by atoms with van der Waals surface area (Å²) < 4.78 is 10.5. The van der Waals surface area contributed by atoms with Crippen molar-refractivity contribution < 1.29 is 18.7 Å². The van der Waals surface area contributed by atoms with Gasteiger partial charge in [-0.3, -0.25) is 4.79 Å². The summed E-state index contributed by atoms with van der Waals surface area (Å²) in [4.78, 5) is 24.0. The number of esters is 1. The Morgan fingerprint density at radius 2 is 2.08 bits per heavy atom. The smallest absolute Gasteiger partial charge is 0.374 e. The molecule has 1 aromatic heterocycles. The standard InChI is InChI=1S/C18H20ClNO4/c1-11-4-2-3-5-14(11)20-17(21)10-23-18(22)16-9-12-8-13(19)6-7-15(12)24-16/h6-9,11,14H,2-5,10H2,1H3,(H,20,21)/t11-,14-/m0/s1. The number of carbonyl (C=O) groups is 2. The molecule has 1 aromatic carbocycles. The number of benzene rings is 1. The van der Waals surface area contributed by atoms with E-state index in [1.165, 1.54) is 6.42 Å². The monoisotopic (exact) mass is 349 g/mol. The first-order valence-electron chi connectivity index (χ1n) is 8.18. The Kier molecular flexibility index (Phi) is 5.09. The number of hydrogen-bond donors (Lipinski definition) is 1. The Morgan fingerprint density at radius 3 is 2.88 bits per heavy atom. The SMILES string of the molecule is C[C@H]1CCCC[C@@H]1NC(=O)COC(=O)c1cc2cc(Cl)ccc2o1. The van der Waals surface area contributed by atoms with Crippen LogP contribution in [0.1, 0.15) is 43.2 Å². The molecule has 1 N–H and O–H groups in total. The number of carbonyl (C=O) groups excluding carboxylic acids is 2. The highest BCUT2D eigenvalue weighted by Crippen LogP contribution is 2.24. The van der Waals surface area contributed by atoms with Crippen LogP contribution in [0.5, 0.6) is 0 Å². The van der Waals surface area contributed by atoms with Crippen LogP contribution < -0.4 is 5.32 Å². The van der Waals surface area contributed by atoms with E-state index < -0.39 is 5.97 Å². The second kappa shape index (κ2) is 7.26. The molecular formula is C18H20ClNO4. The fourth-order valence-electron chi connectivity index (χ4n) is 3.10. The summed E-state index contributed by atoms with van der Waals surface area (Å²) in [6, 6.07) is 6.80. The van der Waals surface area contributed by atoms with E-state index >= 15 is 0 Å². The van der Waals surface area contributed by atoms with E-state index in [2.05, 4.69) is 12.2 Å². The van der Waals surface area contributed by atoms with Gasteiger partial charge in [0.1, 0.15) is 5.58 Å². The number of rotatable bonds is 4. The first kappa shape index (κ1) is 16.8. The molecule has 1 amide bonds. The van der Waals surface area contributed by atoms with Gasteiger partial charge in [-0.15, -0.1) is 0 Å². The molecule has 1 heterocycles. The van der Waals surface area contributed by atoms with Gasteiger partial charge in [0.2, 0.25) is 5.76 Å². The number of fused-ring (bicyclic) bond motifs is 1. The topological polar surface area (TPSA) is 68.5 Å². The van der Waals surface area contributed by atoms with Gasteiger partial charge >= 0.3 is 5.97 Å². The molecule has 2 aromatic rings. The van der Waals surface area contributed by atoms with Crippen LogP contribution in [0.4, 0.5) is 0 Å². The molecule has 0 aliphatic heterocycles. The summed E-state index contributed by atoms with van der Waals surface area (Å²) in [5.74, 6) is -0.417. The lowest BCUT2D eigenvalue weighted by Crippen LogP contribution is -2.42. The number of halogens is 1. The predicted molar refractivity (Wildman–Crippen MR) is 91.1 cm³/mol. The maximum Gasteiger partial charge on any atom is 0.374 e. The molecule has 0 unspecified atom stereocenters. The molecule has 5 nitrogen and oxygen atoms in total. The molecule has 1 aliphatic carbocycles. The number of hydrogen-bond acceptors (Lipinski definition) is 4. The number of ether oxygens (including phenoxy) is 1. The van der Waals surface area contributed by atoms with E-state index in [1.54, 1.807) is 24.3 Å². The van der Waals surface area contributed by atoms with Gasteiger partial charge in [-0.25, -0.2) is 4.79 Å². The van der Waals surface area contributed by atoms with Gasteiger partial charge in [-0.1, -0.05) is 31.4 Å². The maximum atomic E-state index is 12.0. The summed E-state index contributed by atoms with van der Waals surface area (Å²) >= 11 is 5.90. The minimum absolute atomic E-state index is 0.0612. The van der Waals surface area contributed by atoms with E-state index in [4.69, 9.17) is 20.8 Å². The van der Waals surface area contributed by atoms with Gasteiger partial charge < -0.3 is 14.5 Å². The summed E-state index contributed by atoms with van der Waals surface area (Å²) in [6.45, 7) is 1.83. The minimum Gasteiger partial charge on any atom is -0.450 e. The maximum absolute atomic E-state index is 12.0. The third-order valence-corrected chi connectivity index (χ3v) is 4.71. The molecule has 3 rings (SSSR count). The molecule has 0 radical (unpaired) electrons. The van der Waals surface area contributed by atoms with Crippen LogP contribution in [-0.4, -0.2) is 24.5 Å². The van der Waals surface area contributed by atoms with Gasteiger partial charge in [0, 0.05) is 16.5 Å². The molecule has 1 saturated carbocycles. The molecule has 1 fully saturated rings. The van der Waals surface area contributed by atoms with Crippen LogP contribution in [0.25, 0.3) is 11.0 Å². The van der Waals surface area contributed by atoms with Crippen molar-refractivity contribution in [3.05, 3.63) is 35.0 Å². The lowest BCUT2D eigenvalue weighted by molar-refractivity contribution is -0.125.